The van der Waals surface area contributed by atoms with Crippen LogP contribution in [0.4, 0.5) is 5.69 Å². The molecule has 1 heterocycles. The second-order valence-corrected chi connectivity index (χ2v) is 5.47. The van der Waals surface area contributed by atoms with E-state index in [9.17, 15) is 4.79 Å². The summed E-state index contributed by atoms with van der Waals surface area (Å²) in [6, 6.07) is 5.97. The first-order chi connectivity index (χ1) is 10.1. The van der Waals surface area contributed by atoms with Crippen LogP contribution < -0.4 is 20.1 Å². The van der Waals surface area contributed by atoms with Gasteiger partial charge in [0.05, 0.1) is 13.2 Å². The van der Waals surface area contributed by atoms with Crippen molar-refractivity contribution in [3.63, 3.8) is 0 Å². The molecule has 0 saturated carbocycles. The fourth-order valence-corrected chi connectivity index (χ4v) is 2.10. The van der Waals surface area contributed by atoms with Gasteiger partial charge in [-0.15, -0.1) is 0 Å². The molecule has 0 fully saturated rings. The van der Waals surface area contributed by atoms with Gasteiger partial charge in [0.15, 0.2) is 11.5 Å². The maximum absolute atomic E-state index is 11.9. The van der Waals surface area contributed by atoms with Gasteiger partial charge in [-0.1, -0.05) is 13.8 Å². The molecule has 0 atom stereocenters. The first-order valence-electron chi connectivity index (χ1n) is 7.58. The molecule has 116 valence electrons. The number of fused-ring (bicyclic) bond motifs is 1. The van der Waals surface area contributed by atoms with E-state index in [0.717, 1.165) is 30.8 Å². The highest BCUT2D eigenvalue weighted by atomic mass is 16.5. The standard InChI is InChI=1S/C16H24N2O3/c1-12(2)17-8-3-5-16(19)18-13-6-7-14-15(11-13)21-10-4-9-20-14/h6-7,11-12,17H,3-5,8-10H2,1-2H3,(H,18,19). The van der Waals surface area contributed by atoms with Gasteiger partial charge >= 0.3 is 0 Å². The molecule has 2 N–H and O–H groups in total. The molecular weight excluding hydrogens is 268 g/mol. The van der Waals surface area contributed by atoms with Crippen LogP contribution in [0.5, 0.6) is 11.5 Å². The second kappa shape index (κ2) is 7.88. The Balaban J connectivity index is 1.82. The van der Waals surface area contributed by atoms with E-state index in [1.54, 1.807) is 0 Å². The Kier molecular flexibility index (Phi) is 5.87. The highest BCUT2D eigenvalue weighted by molar-refractivity contribution is 5.91. The van der Waals surface area contributed by atoms with Gasteiger partial charge in [-0.25, -0.2) is 0 Å². The summed E-state index contributed by atoms with van der Waals surface area (Å²) in [7, 11) is 0. The number of carbonyl (C=O) groups excluding carboxylic acids is 1. The molecule has 1 aliphatic heterocycles. The first-order valence-corrected chi connectivity index (χ1v) is 7.58. The van der Waals surface area contributed by atoms with E-state index in [2.05, 4.69) is 24.5 Å². The minimum atomic E-state index is 0.0232. The number of nitrogens with one attached hydrogen (secondary N) is 2. The number of carbonyl (C=O) groups is 1. The molecule has 1 aliphatic rings. The van der Waals surface area contributed by atoms with Gasteiger partial charge in [-0.05, 0) is 25.1 Å². The monoisotopic (exact) mass is 292 g/mol. The lowest BCUT2D eigenvalue weighted by Crippen LogP contribution is -2.24. The SMILES string of the molecule is CC(C)NCCCC(=O)Nc1ccc2c(c1)OCCCO2. The average molecular weight is 292 g/mol. The van der Waals surface area contributed by atoms with Crippen LogP contribution in [0.2, 0.25) is 0 Å². The number of hydrogen-bond donors (Lipinski definition) is 2. The molecule has 1 aromatic carbocycles. The fourth-order valence-electron chi connectivity index (χ4n) is 2.10. The Labute approximate surface area is 126 Å². The Bertz CT molecular complexity index is 475. The van der Waals surface area contributed by atoms with E-state index < -0.39 is 0 Å². The summed E-state index contributed by atoms with van der Waals surface area (Å²) in [5.41, 5.74) is 0.751. The zero-order valence-corrected chi connectivity index (χ0v) is 12.8. The number of benzene rings is 1. The van der Waals surface area contributed by atoms with Crippen molar-refractivity contribution in [1.82, 2.24) is 5.32 Å². The van der Waals surface area contributed by atoms with E-state index >= 15 is 0 Å². The topological polar surface area (TPSA) is 59.6 Å². The molecule has 0 aromatic heterocycles. The van der Waals surface area contributed by atoms with Gasteiger partial charge in [-0.2, -0.15) is 0 Å². The van der Waals surface area contributed by atoms with Crippen molar-refractivity contribution < 1.29 is 14.3 Å². The Morgan fingerprint density at radius 3 is 2.76 bits per heavy atom. The summed E-state index contributed by atoms with van der Waals surface area (Å²) >= 11 is 0. The maximum atomic E-state index is 11.9. The van der Waals surface area contributed by atoms with Gasteiger partial charge in [0.25, 0.3) is 0 Å². The molecular formula is C16H24N2O3. The number of rotatable bonds is 6. The number of ether oxygens (including phenoxy) is 2. The summed E-state index contributed by atoms with van der Waals surface area (Å²) < 4.78 is 11.2. The molecule has 5 nitrogen and oxygen atoms in total. The van der Waals surface area contributed by atoms with Crippen LogP contribution >= 0.6 is 0 Å². The molecule has 0 bridgehead atoms. The molecule has 1 amide bonds. The van der Waals surface area contributed by atoms with E-state index in [1.807, 2.05) is 18.2 Å². The van der Waals surface area contributed by atoms with Crippen LogP contribution in [0.3, 0.4) is 0 Å². The summed E-state index contributed by atoms with van der Waals surface area (Å²) in [4.78, 5) is 11.9. The Morgan fingerprint density at radius 1 is 1.24 bits per heavy atom. The molecule has 2 rings (SSSR count). The van der Waals surface area contributed by atoms with E-state index in [4.69, 9.17) is 9.47 Å². The minimum absolute atomic E-state index is 0.0232. The average Bonchev–Trinajstić information content (AvgIpc) is 2.68. The Morgan fingerprint density at radius 2 is 2.00 bits per heavy atom. The number of anilines is 1. The molecule has 0 unspecified atom stereocenters. The van der Waals surface area contributed by atoms with Crippen molar-refractivity contribution in [3.05, 3.63) is 18.2 Å². The van der Waals surface area contributed by atoms with Crippen molar-refractivity contribution in [2.24, 2.45) is 0 Å². The minimum Gasteiger partial charge on any atom is -0.490 e. The normalized spacial score (nSPS) is 13.9. The molecule has 0 aliphatic carbocycles. The van der Waals surface area contributed by atoms with Gasteiger partial charge < -0.3 is 20.1 Å². The lowest BCUT2D eigenvalue weighted by Gasteiger charge is -2.11. The molecule has 21 heavy (non-hydrogen) atoms. The van der Waals surface area contributed by atoms with Crippen LogP contribution in [0.25, 0.3) is 0 Å². The zero-order valence-electron chi connectivity index (χ0n) is 12.8. The van der Waals surface area contributed by atoms with Crippen molar-refractivity contribution in [3.8, 4) is 11.5 Å². The summed E-state index contributed by atoms with van der Waals surface area (Å²) in [5.74, 6) is 1.47. The molecule has 0 radical (unpaired) electrons. The van der Waals surface area contributed by atoms with Crippen molar-refractivity contribution >= 4 is 11.6 Å². The first kappa shape index (κ1) is 15.6. The number of hydrogen-bond acceptors (Lipinski definition) is 4. The van der Waals surface area contributed by atoms with Crippen molar-refractivity contribution in [2.45, 2.75) is 39.2 Å². The summed E-state index contributed by atoms with van der Waals surface area (Å²) in [5, 5.41) is 6.19. The lowest BCUT2D eigenvalue weighted by atomic mass is 10.2. The van der Waals surface area contributed by atoms with Crippen LogP contribution in [-0.4, -0.2) is 31.7 Å². The third-order valence-corrected chi connectivity index (χ3v) is 3.16. The second-order valence-electron chi connectivity index (χ2n) is 5.47. The Hall–Kier alpha value is -1.75. The molecule has 5 heteroatoms. The predicted octanol–water partition coefficient (Wildman–Crippen LogP) is 2.56. The highest BCUT2D eigenvalue weighted by Gasteiger charge is 2.11. The van der Waals surface area contributed by atoms with E-state index in [0.29, 0.717) is 31.4 Å². The fraction of sp³-hybridized carbons (Fsp3) is 0.562. The molecule has 0 spiro atoms. The molecule has 1 aromatic rings. The molecule has 0 saturated heterocycles. The quantitative estimate of drug-likeness (QED) is 0.791. The van der Waals surface area contributed by atoms with Crippen LogP contribution in [0.15, 0.2) is 18.2 Å². The van der Waals surface area contributed by atoms with Crippen LogP contribution in [-0.2, 0) is 4.79 Å². The highest BCUT2D eigenvalue weighted by Crippen LogP contribution is 2.32. The van der Waals surface area contributed by atoms with Crippen molar-refractivity contribution in [1.29, 1.82) is 0 Å². The number of amides is 1. The predicted molar refractivity (Wildman–Crippen MR) is 83.1 cm³/mol. The van der Waals surface area contributed by atoms with E-state index in [-0.39, 0.29) is 5.91 Å². The summed E-state index contributed by atoms with van der Waals surface area (Å²) in [6.45, 7) is 6.36. The van der Waals surface area contributed by atoms with Gasteiger partial charge in [0, 0.05) is 30.6 Å². The van der Waals surface area contributed by atoms with Crippen molar-refractivity contribution in [2.75, 3.05) is 25.1 Å². The van der Waals surface area contributed by atoms with Gasteiger partial charge in [0.2, 0.25) is 5.91 Å². The maximum Gasteiger partial charge on any atom is 0.224 e. The van der Waals surface area contributed by atoms with E-state index in [1.165, 1.54) is 0 Å². The smallest absolute Gasteiger partial charge is 0.224 e. The van der Waals surface area contributed by atoms with Gasteiger partial charge in [-0.3, -0.25) is 4.79 Å². The zero-order chi connectivity index (χ0) is 15.1. The van der Waals surface area contributed by atoms with Gasteiger partial charge in [0.1, 0.15) is 0 Å². The van der Waals surface area contributed by atoms with Crippen LogP contribution in [0, 0.1) is 0 Å². The largest absolute Gasteiger partial charge is 0.490 e. The van der Waals surface area contributed by atoms with Crippen LogP contribution in [0.1, 0.15) is 33.1 Å². The summed E-state index contributed by atoms with van der Waals surface area (Å²) in [6.07, 6.45) is 2.21. The third-order valence-electron chi connectivity index (χ3n) is 3.16. The lowest BCUT2D eigenvalue weighted by molar-refractivity contribution is -0.116. The third kappa shape index (κ3) is 5.27.